The molecule has 0 amide bonds. The Morgan fingerprint density at radius 3 is 2.20 bits per heavy atom. The number of fused-ring (bicyclic) bond motifs is 1. The van der Waals surface area contributed by atoms with Crippen LogP contribution in [0, 0.1) is 6.92 Å². The standard InChI is InChI=1S/C19H23N5O2.2C2HF3O2/c1-14-6-7-17(26-14)10-24-9-15(19-18(11-24)21-22-23(19)2)12-25-13-16-5-3-4-8-20-16;2*3-2(4,5)1(6)7/h3-8,15H,9-13H2,1-2H3;2*(H,6,7). The van der Waals surface area contributed by atoms with Crippen molar-refractivity contribution in [3.63, 3.8) is 0 Å². The molecule has 1 unspecified atom stereocenters. The number of rotatable bonds is 6. The predicted molar refractivity (Wildman–Crippen MR) is 123 cm³/mol. The summed E-state index contributed by atoms with van der Waals surface area (Å²) in [5.74, 6) is -3.38. The summed E-state index contributed by atoms with van der Waals surface area (Å²) in [4.78, 5) is 24.4. The van der Waals surface area contributed by atoms with Crippen LogP contribution in [-0.2, 0) is 41.1 Å². The maximum atomic E-state index is 10.6. The largest absolute Gasteiger partial charge is 0.490 e. The number of carboxylic acid groups (broad SMARTS) is 2. The molecule has 3 aromatic rings. The number of halogens is 6. The van der Waals surface area contributed by atoms with Crippen molar-refractivity contribution in [3.05, 3.63) is 65.1 Å². The lowest BCUT2D eigenvalue weighted by molar-refractivity contribution is -0.193. The van der Waals surface area contributed by atoms with Gasteiger partial charge in [0, 0.05) is 32.3 Å². The fourth-order valence-corrected chi connectivity index (χ4v) is 3.53. The first-order valence-electron chi connectivity index (χ1n) is 11.3. The van der Waals surface area contributed by atoms with Crippen LogP contribution in [0.25, 0.3) is 0 Å². The highest BCUT2D eigenvalue weighted by atomic mass is 19.4. The topological polar surface area (TPSA) is 144 Å². The summed E-state index contributed by atoms with van der Waals surface area (Å²) in [7, 11) is 1.95. The van der Waals surface area contributed by atoms with E-state index in [-0.39, 0.29) is 5.92 Å². The van der Waals surface area contributed by atoms with Crippen molar-refractivity contribution in [1.29, 1.82) is 0 Å². The zero-order chi connectivity index (χ0) is 30.1. The number of aromatic nitrogens is 4. The van der Waals surface area contributed by atoms with Crippen molar-refractivity contribution in [2.45, 2.75) is 44.9 Å². The molecule has 0 spiro atoms. The van der Waals surface area contributed by atoms with Gasteiger partial charge >= 0.3 is 24.3 Å². The number of furan rings is 1. The van der Waals surface area contributed by atoms with E-state index in [1.807, 2.05) is 49.0 Å². The average molecular weight is 581 g/mol. The lowest BCUT2D eigenvalue weighted by Crippen LogP contribution is -2.35. The molecule has 0 aliphatic carbocycles. The Kier molecular flexibility index (Phi) is 11.2. The number of hydrogen-bond donors (Lipinski definition) is 2. The van der Waals surface area contributed by atoms with Crippen LogP contribution in [0.4, 0.5) is 26.3 Å². The summed E-state index contributed by atoms with van der Waals surface area (Å²) in [6, 6.07) is 9.90. The molecule has 0 radical (unpaired) electrons. The molecule has 1 atom stereocenters. The van der Waals surface area contributed by atoms with Crippen molar-refractivity contribution in [2.24, 2.45) is 7.05 Å². The maximum absolute atomic E-state index is 10.6. The molecule has 1 aliphatic heterocycles. The van der Waals surface area contributed by atoms with Crippen molar-refractivity contribution >= 4 is 11.9 Å². The number of aryl methyl sites for hydroxylation is 2. The molecule has 4 heterocycles. The third kappa shape index (κ3) is 10.3. The van der Waals surface area contributed by atoms with Gasteiger partial charge in [-0.2, -0.15) is 26.3 Å². The first-order chi connectivity index (χ1) is 18.6. The molecule has 40 heavy (non-hydrogen) atoms. The summed E-state index contributed by atoms with van der Waals surface area (Å²) in [5, 5.41) is 22.8. The highest BCUT2D eigenvalue weighted by Crippen LogP contribution is 2.28. The number of nitrogens with zero attached hydrogens (tertiary/aromatic N) is 5. The fourth-order valence-electron chi connectivity index (χ4n) is 3.53. The van der Waals surface area contributed by atoms with Crippen LogP contribution in [0.3, 0.4) is 0 Å². The lowest BCUT2D eigenvalue weighted by atomic mass is 9.99. The quantitative estimate of drug-likeness (QED) is 0.414. The highest BCUT2D eigenvalue weighted by molar-refractivity contribution is 5.73. The Balaban J connectivity index is 0.000000333. The van der Waals surface area contributed by atoms with Crippen molar-refractivity contribution in [1.82, 2.24) is 24.9 Å². The van der Waals surface area contributed by atoms with Gasteiger partial charge < -0.3 is 19.4 Å². The zero-order valence-corrected chi connectivity index (χ0v) is 21.1. The van der Waals surface area contributed by atoms with Crippen LogP contribution < -0.4 is 0 Å². The van der Waals surface area contributed by atoms with Crippen LogP contribution in [0.5, 0.6) is 0 Å². The second-order valence-electron chi connectivity index (χ2n) is 8.37. The van der Waals surface area contributed by atoms with Gasteiger partial charge in [-0.05, 0) is 31.2 Å². The lowest BCUT2D eigenvalue weighted by Gasteiger charge is -2.31. The van der Waals surface area contributed by atoms with Crippen LogP contribution in [0.2, 0.25) is 0 Å². The first-order valence-corrected chi connectivity index (χ1v) is 11.3. The van der Waals surface area contributed by atoms with Gasteiger partial charge in [-0.25, -0.2) is 9.59 Å². The van der Waals surface area contributed by atoms with Gasteiger partial charge in [0.15, 0.2) is 0 Å². The molecule has 4 rings (SSSR count). The minimum absolute atomic E-state index is 0.221. The molecular weight excluding hydrogens is 556 g/mol. The second-order valence-corrected chi connectivity index (χ2v) is 8.37. The van der Waals surface area contributed by atoms with E-state index in [0.717, 1.165) is 48.2 Å². The van der Waals surface area contributed by atoms with Crippen LogP contribution in [0.1, 0.15) is 34.5 Å². The number of hydrogen-bond acceptors (Lipinski definition) is 8. The summed E-state index contributed by atoms with van der Waals surface area (Å²) in [5.41, 5.74) is 3.13. The van der Waals surface area contributed by atoms with Crippen molar-refractivity contribution < 1.29 is 55.3 Å². The Morgan fingerprint density at radius 1 is 1.07 bits per heavy atom. The number of carbonyl (C=O) groups is 2. The van der Waals surface area contributed by atoms with E-state index in [9.17, 15) is 26.3 Å². The molecule has 11 nitrogen and oxygen atoms in total. The highest BCUT2D eigenvalue weighted by Gasteiger charge is 2.39. The molecule has 3 aromatic heterocycles. The summed E-state index contributed by atoms with van der Waals surface area (Å²) in [6.07, 6.45) is -8.38. The molecule has 0 aromatic carbocycles. The van der Waals surface area contributed by atoms with E-state index < -0.39 is 24.3 Å². The molecule has 2 N–H and O–H groups in total. The molecule has 220 valence electrons. The van der Waals surface area contributed by atoms with Crippen molar-refractivity contribution in [3.8, 4) is 0 Å². The smallest absolute Gasteiger partial charge is 0.475 e. The Bertz CT molecular complexity index is 1220. The van der Waals surface area contributed by atoms with E-state index in [0.29, 0.717) is 13.2 Å². The van der Waals surface area contributed by atoms with Gasteiger partial charge in [-0.3, -0.25) is 14.6 Å². The van der Waals surface area contributed by atoms with Gasteiger partial charge in [0.1, 0.15) is 17.2 Å². The van der Waals surface area contributed by atoms with E-state index in [2.05, 4.69) is 20.2 Å². The molecule has 0 saturated heterocycles. The van der Waals surface area contributed by atoms with Gasteiger partial charge in [0.05, 0.1) is 31.1 Å². The molecule has 0 saturated carbocycles. The van der Waals surface area contributed by atoms with Gasteiger partial charge in [0.2, 0.25) is 0 Å². The Hall–Kier alpha value is -3.99. The summed E-state index contributed by atoms with van der Waals surface area (Å²) in [6.45, 7) is 5.51. The average Bonchev–Trinajstić information content (AvgIpc) is 3.44. The van der Waals surface area contributed by atoms with Gasteiger partial charge in [0.25, 0.3) is 0 Å². The predicted octanol–water partition coefficient (Wildman–Crippen LogP) is 3.69. The number of ether oxygens (including phenoxy) is 1. The van der Waals surface area contributed by atoms with Crippen LogP contribution in [-0.4, -0.2) is 72.5 Å². The Labute approximate surface area is 223 Å². The molecule has 0 bridgehead atoms. The third-order valence-electron chi connectivity index (χ3n) is 5.14. The zero-order valence-electron chi connectivity index (χ0n) is 21.1. The summed E-state index contributed by atoms with van der Waals surface area (Å²) >= 11 is 0. The number of pyridine rings is 1. The Morgan fingerprint density at radius 2 is 1.70 bits per heavy atom. The van der Waals surface area contributed by atoms with E-state index in [4.69, 9.17) is 29.0 Å². The number of carboxylic acids is 2. The summed E-state index contributed by atoms with van der Waals surface area (Å²) < 4.78 is 77.0. The maximum Gasteiger partial charge on any atom is 0.490 e. The fraction of sp³-hybridized carbons (Fsp3) is 0.435. The SMILES string of the molecule is Cc1ccc(CN2Cc3nnn(C)c3C(COCc3ccccn3)C2)o1.O=C(O)C(F)(F)F.O=C(O)C(F)(F)F. The monoisotopic (exact) mass is 581 g/mol. The van der Waals surface area contributed by atoms with Crippen LogP contribution in [0.15, 0.2) is 40.9 Å². The minimum atomic E-state index is -5.08. The molecular formula is C23H25F6N5O6. The molecule has 1 aliphatic rings. The van der Waals surface area contributed by atoms with E-state index >= 15 is 0 Å². The first kappa shape index (κ1) is 32.2. The van der Waals surface area contributed by atoms with Crippen LogP contribution >= 0.6 is 0 Å². The third-order valence-corrected chi connectivity index (χ3v) is 5.14. The molecule has 0 fully saturated rings. The minimum Gasteiger partial charge on any atom is -0.475 e. The van der Waals surface area contributed by atoms with Crippen molar-refractivity contribution in [2.75, 3.05) is 13.2 Å². The van der Waals surface area contributed by atoms with E-state index in [1.165, 1.54) is 0 Å². The van der Waals surface area contributed by atoms with Gasteiger partial charge in [-0.15, -0.1) is 5.10 Å². The molecule has 17 heteroatoms. The second kappa shape index (κ2) is 13.9. The number of alkyl halides is 6. The van der Waals surface area contributed by atoms with Gasteiger partial charge in [-0.1, -0.05) is 11.3 Å². The van der Waals surface area contributed by atoms with E-state index in [1.54, 1.807) is 6.20 Å². The number of aliphatic carboxylic acids is 2. The normalized spacial score (nSPS) is 15.2.